The first-order chi connectivity index (χ1) is 16.7. The molecule has 1 amide bonds. The molecule has 1 aliphatic heterocycles. The van der Waals surface area contributed by atoms with E-state index in [0.717, 1.165) is 0 Å². The predicted octanol–water partition coefficient (Wildman–Crippen LogP) is 2.49. The Morgan fingerprint density at radius 3 is 2.74 bits per heavy atom. The number of rotatable bonds is 7. The maximum Gasteiger partial charge on any atom is 0.259 e. The Bertz CT molecular complexity index is 1080. The highest BCUT2D eigenvalue weighted by molar-refractivity contribution is 5.97. The summed E-state index contributed by atoms with van der Waals surface area (Å²) in [5, 5.41) is 9.81. The van der Waals surface area contributed by atoms with Crippen molar-refractivity contribution in [2.75, 3.05) is 47.4 Å². The van der Waals surface area contributed by atoms with Crippen molar-refractivity contribution in [1.29, 1.82) is 0 Å². The molecule has 3 atom stereocenters. The summed E-state index contributed by atoms with van der Waals surface area (Å²) >= 11 is 0. The normalized spacial score (nSPS) is 18.9. The molecule has 188 valence electrons. The molecule has 1 aromatic carbocycles. The molecule has 35 heavy (non-hydrogen) atoms. The number of aromatic nitrogens is 1. The number of carbonyl (C=O) groups excluding carboxylic acids is 1. The lowest BCUT2D eigenvalue weighted by molar-refractivity contribution is 0.0324. The lowest BCUT2D eigenvalue weighted by Gasteiger charge is -2.37. The average Bonchev–Trinajstić information content (AvgIpc) is 2.82. The van der Waals surface area contributed by atoms with Gasteiger partial charge in [-0.3, -0.25) is 14.6 Å². The van der Waals surface area contributed by atoms with Gasteiger partial charge in [0.25, 0.3) is 5.91 Å². The van der Waals surface area contributed by atoms with Gasteiger partial charge in [-0.1, -0.05) is 37.0 Å². The Hall–Kier alpha value is -2.99. The van der Waals surface area contributed by atoms with Crippen molar-refractivity contribution < 1.29 is 19.0 Å². The summed E-state index contributed by atoms with van der Waals surface area (Å²) in [6.07, 6.45) is 1.31. The van der Waals surface area contributed by atoms with Crippen molar-refractivity contribution in [3.63, 3.8) is 0 Å². The van der Waals surface area contributed by atoms with Gasteiger partial charge >= 0.3 is 0 Å². The topological polar surface area (TPSA) is 69.1 Å². The smallest absolute Gasteiger partial charge is 0.259 e. The number of benzene rings is 1. The van der Waals surface area contributed by atoms with Crippen LogP contribution in [0.2, 0.25) is 0 Å². The number of aliphatic hydroxyl groups excluding tert-OH is 1. The van der Waals surface area contributed by atoms with Crippen LogP contribution in [0.3, 0.4) is 0 Å². The van der Waals surface area contributed by atoms with Crippen LogP contribution in [0, 0.1) is 23.6 Å². The molecule has 2 heterocycles. The second kappa shape index (κ2) is 12.1. The molecule has 1 N–H and O–H groups in total. The van der Waals surface area contributed by atoms with Gasteiger partial charge in [-0.15, -0.1) is 0 Å². The van der Waals surface area contributed by atoms with Gasteiger partial charge in [-0.2, -0.15) is 0 Å². The molecule has 7 nitrogen and oxygen atoms in total. The molecule has 0 saturated heterocycles. The number of hydrogen-bond donors (Lipinski definition) is 1. The van der Waals surface area contributed by atoms with Gasteiger partial charge in [0.15, 0.2) is 0 Å². The molecule has 3 rings (SSSR count). The number of aliphatic hydroxyl groups is 1. The van der Waals surface area contributed by atoms with Gasteiger partial charge in [0, 0.05) is 42.9 Å². The zero-order valence-corrected chi connectivity index (χ0v) is 21.2. The van der Waals surface area contributed by atoms with Crippen LogP contribution in [-0.4, -0.2) is 90.2 Å². The van der Waals surface area contributed by atoms with Gasteiger partial charge in [0.05, 0.1) is 19.2 Å². The van der Waals surface area contributed by atoms with E-state index in [-0.39, 0.29) is 42.3 Å². The third kappa shape index (κ3) is 7.01. The number of ether oxygens (including phenoxy) is 1. The number of pyridine rings is 1. The van der Waals surface area contributed by atoms with Gasteiger partial charge in [-0.25, -0.2) is 9.37 Å². The van der Waals surface area contributed by atoms with E-state index in [4.69, 9.17) is 4.74 Å². The molecule has 0 aliphatic carbocycles. The van der Waals surface area contributed by atoms with Crippen LogP contribution in [-0.2, 0) is 6.54 Å². The number of nitrogens with zero attached hydrogens (tertiary/aromatic N) is 4. The lowest BCUT2D eigenvalue weighted by Crippen LogP contribution is -2.49. The first-order valence-corrected chi connectivity index (χ1v) is 11.8. The molecule has 0 spiro atoms. The van der Waals surface area contributed by atoms with Crippen molar-refractivity contribution in [3.05, 3.63) is 59.0 Å². The van der Waals surface area contributed by atoms with Crippen LogP contribution in [0.25, 0.3) is 0 Å². The molecule has 0 radical (unpaired) electrons. The maximum absolute atomic E-state index is 14.2. The Kier molecular flexibility index (Phi) is 9.21. The third-order valence-corrected chi connectivity index (χ3v) is 6.04. The van der Waals surface area contributed by atoms with Crippen molar-refractivity contribution in [3.8, 4) is 17.7 Å². The van der Waals surface area contributed by atoms with E-state index in [9.17, 15) is 14.3 Å². The monoisotopic (exact) mass is 482 g/mol. The summed E-state index contributed by atoms with van der Waals surface area (Å²) in [5.41, 5.74) is 1.57. The Balaban J connectivity index is 1.90. The first kappa shape index (κ1) is 26.6. The number of halogens is 1. The molecule has 0 fully saturated rings. The van der Waals surface area contributed by atoms with E-state index in [1.807, 2.05) is 50.9 Å². The van der Waals surface area contributed by atoms with Crippen LogP contribution >= 0.6 is 0 Å². The van der Waals surface area contributed by atoms with Gasteiger partial charge in [0.2, 0.25) is 5.88 Å². The molecule has 1 aliphatic rings. The second-order valence-corrected chi connectivity index (χ2v) is 9.53. The molecular weight excluding hydrogens is 447 g/mol. The number of likely N-dealkylation sites (N-methyl/N-ethyl adjacent to an activating group) is 1. The minimum absolute atomic E-state index is 0.0504. The van der Waals surface area contributed by atoms with Crippen molar-refractivity contribution >= 4 is 5.91 Å². The fraction of sp³-hybridized carbons (Fsp3) is 0.481. The minimum Gasteiger partial charge on any atom is -0.472 e. The van der Waals surface area contributed by atoms with Crippen LogP contribution in [0.4, 0.5) is 4.39 Å². The summed E-state index contributed by atoms with van der Waals surface area (Å²) in [5.74, 6) is 5.83. The number of amides is 1. The molecular formula is C27H35FN4O3. The third-order valence-electron chi connectivity index (χ3n) is 6.04. The summed E-state index contributed by atoms with van der Waals surface area (Å²) in [7, 11) is 5.78. The Labute approximate surface area is 207 Å². The van der Waals surface area contributed by atoms with E-state index >= 15 is 0 Å². The SMILES string of the molecule is C[C@@H]1CN([C@H](C)CO)C(=O)c2cc(C#CCN(C)C)cnc2O[C@H]1CN(C)Cc1ccccc1F. The van der Waals surface area contributed by atoms with Crippen LogP contribution in [0.15, 0.2) is 36.5 Å². The predicted molar refractivity (Wildman–Crippen MR) is 134 cm³/mol. The first-order valence-electron chi connectivity index (χ1n) is 11.8. The van der Waals surface area contributed by atoms with Crippen molar-refractivity contribution in [1.82, 2.24) is 19.7 Å². The van der Waals surface area contributed by atoms with E-state index < -0.39 is 0 Å². The van der Waals surface area contributed by atoms with Gasteiger partial charge in [0.1, 0.15) is 17.5 Å². The minimum atomic E-state index is -0.365. The van der Waals surface area contributed by atoms with Crippen molar-refractivity contribution in [2.45, 2.75) is 32.5 Å². The highest BCUT2D eigenvalue weighted by Crippen LogP contribution is 2.27. The van der Waals surface area contributed by atoms with E-state index in [2.05, 4.69) is 16.8 Å². The van der Waals surface area contributed by atoms with E-state index in [1.165, 1.54) is 6.07 Å². The lowest BCUT2D eigenvalue weighted by atomic mass is 9.99. The summed E-state index contributed by atoms with van der Waals surface area (Å²) in [6.45, 7) is 5.62. The van der Waals surface area contributed by atoms with E-state index in [0.29, 0.717) is 42.9 Å². The number of hydrogen-bond acceptors (Lipinski definition) is 6. The maximum atomic E-state index is 14.2. The highest BCUT2D eigenvalue weighted by atomic mass is 19.1. The molecule has 1 aromatic heterocycles. The zero-order valence-electron chi connectivity index (χ0n) is 21.2. The fourth-order valence-electron chi connectivity index (χ4n) is 3.98. The average molecular weight is 483 g/mol. The molecule has 8 heteroatoms. The van der Waals surface area contributed by atoms with Crippen LogP contribution in [0.1, 0.15) is 35.3 Å². The Morgan fingerprint density at radius 2 is 2.06 bits per heavy atom. The van der Waals surface area contributed by atoms with Crippen LogP contribution < -0.4 is 4.74 Å². The zero-order chi connectivity index (χ0) is 25.5. The van der Waals surface area contributed by atoms with Gasteiger partial charge in [-0.05, 0) is 40.2 Å². The molecule has 0 bridgehead atoms. The quantitative estimate of drug-likeness (QED) is 0.612. The standard InChI is InChI=1S/C27H35FN4O3/c1-19-15-32(20(2)18-33)27(34)23-13-21(9-8-12-30(3)4)14-29-26(23)35-25(19)17-31(5)16-22-10-6-7-11-24(22)28/h6-7,10-11,13-14,19-20,25,33H,12,15-18H2,1-5H3/t19-,20-,25+/m1/s1. The van der Waals surface area contributed by atoms with E-state index in [1.54, 1.807) is 29.3 Å². The summed E-state index contributed by atoms with van der Waals surface area (Å²) < 4.78 is 20.5. The highest BCUT2D eigenvalue weighted by Gasteiger charge is 2.34. The largest absolute Gasteiger partial charge is 0.472 e. The number of carbonyl (C=O) groups is 1. The number of fused-ring (bicyclic) bond motifs is 1. The molecule has 0 unspecified atom stereocenters. The second-order valence-electron chi connectivity index (χ2n) is 9.53. The van der Waals surface area contributed by atoms with Crippen LogP contribution in [0.5, 0.6) is 5.88 Å². The van der Waals surface area contributed by atoms with Crippen molar-refractivity contribution in [2.24, 2.45) is 5.92 Å². The molecule has 2 aromatic rings. The summed E-state index contributed by atoms with van der Waals surface area (Å²) in [4.78, 5) is 23.5. The Morgan fingerprint density at radius 1 is 1.31 bits per heavy atom. The fourth-order valence-corrected chi connectivity index (χ4v) is 3.98. The summed E-state index contributed by atoms with van der Waals surface area (Å²) in [6, 6.07) is 8.07. The van der Waals surface area contributed by atoms with Gasteiger partial charge < -0.3 is 14.7 Å². The molecule has 0 saturated carbocycles.